The van der Waals surface area contributed by atoms with E-state index in [1.165, 1.54) is 0 Å². The molecule has 0 N–H and O–H groups in total. The minimum atomic E-state index is 0.0644. The molecule has 1 aromatic carbocycles. The van der Waals surface area contributed by atoms with E-state index in [0.29, 0.717) is 18.1 Å². The van der Waals surface area contributed by atoms with Gasteiger partial charge in [0.1, 0.15) is 0 Å². The highest BCUT2D eigenvalue weighted by Crippen LogP contribution is 2.28. The maximum atomic E-state index is 12.3. The van der Waals surface area contributed by atoms with Crippen molar-refractivity contribution in [3.05, 3.63) is 29.8 Å². The minimum absolute atomic E-state index is 0.0644. The lowest BCUT2D eigenvalue weighted by molar-refractivity contribution is -0.127. The van der Waals surface area contributed by atoms with Crippen LogP contribution in [0.2, 0.25) is 0 Å². The first-order valence-corrected chi connectivity index (χ1v) is 8.18. The first-order valence-electron chi connectivity index (χ1n) is 8.18. The Morgan fingerprint density at radius 2 is 1.91 bits per heavy atom. The minimum Gasteiger partial charge on any atom is -0.493 e. The number of piperazine rings is 1. The second-order valence-electron chi connectivity index (χ2n) is 5.44. The zero-order valence-electron chi connectivity index (χ0n) is 14.2. The number of rotatable bonds is 6. The molecule has 1 saturated heterocycles. The molecule has 1 amide bonds. The van der Waals surface area contributed by atoms with Gasteiger partial charge in [0.2, 0.25) is 5.91 Å². The van der Waals surface area contributed by atoms with E-state index in [1.54, 1.807) is 13.2 Å². The number of hydrogen-bond acceptors (Lipinski definition) is 4. The Balaban J connectivity index is 1.99. The SMILES string of the molecule is CCOc1cc(/C=C/C(=O)N2CCN(CC)CC2)ccc1OC. The van der Waals surface area contributed by atoms with Crippen molar-refractivity contribution in [2.75, 3.05) is 46.4 Å². The fourth-order valence-corrected chi connectivity index (χ4v) is 2.62. The zero-order chi connectivity index (χ0) is 16.7. The fraction of sp³-hybridized carbons (Fsp3) is 0.500. The number of likely N-dealkylation sites (N-methyl/N-ethyl adjacent to an activating group) is 1. The lowest BCUT2D eigenvalue weighted by atomic mass is 10.2. The van der Waals surface area contributed by atoms with Gasteiger partial charge in [-0.2, -0.15) is 0 Å². The van der Waals surface area contributed by atoms with E-state index >= 15 is 0 Å². The molecule has 1 aliphatic heterocycles. The Morgan fingerprint density at radius 3 is 2.52 bits per heavy atom. The monoisotopic (exact) mass is 318 g/mol. The maximum Gasteiger partial charge on any atom is 0.246 e. The molecular weight excluding hydrogens is 292 g/mol. The van der Waals surface area contributed by atoms with E-state index in [2.05, 4.69) is 11.8 Å². The van der Waals surface area contributed by atoms with Gasteiger partial charge in [-0.25, -0.2) is 0 Å². The van der Waals surface area contributed by atoms with Crippen molar-refractivity contribution >= 4 is 12.0 Å². The van der Waals surface area contributed by atoms with Gasteiger partial charge in [0.25, 0.3) is 0 Å². The van der Waals surface area contributed by atoms with Crippen LogP contribution in [0.15, 0.2) is 24.3 Å². The quantitative estimate of drug-likeness (QED) is 0.755. The number of nitrogens with zero attached hydrogens (tertiary/aromatic N) is 2. The second kappa shape index (κ2) is 8.58. The predicted octanol–water partition coefficient (Wildman–Crippen LogP) is 2.27. The number of carbonyl (C=O) groups excluding carboxylic acids is 1. The van der Waals surface area contributed by atoms with Crippen LogP contribution in [0.3, 0.4) is 0 Å². The lowest BCUT2D eigenvalue weighted by Crippen LogP contribution is -2.48. The number of carbonyl (C=O) groups is 1. The van der Waals surface area contributed by atoms with E-state index in [1.807, 2.05) is 36.1 Å². The van der Waals surface area contributed by atoms with Gasteiger partial charge in [-0.15, -0.1) is 0 Å². The molecule has 126 valence electrons. The summed E-state index contributed by atoms with van der Waals surface area (Å²) < 4.78 is 10.8. The van der Waals surface area contributed by atoms with Gasteiger partial charge in [-0.3, -0.25) is 4.79 Å². The molecule has 0 atom stereocenters. The normalized spacial score (nSPS) is 15.9. The Hall–Kier alpha value is -2.01. The van der Waals surface area contributed by atoms with Crippen LogP contribution in [-0.4, -0.2) is 62.1 Å². The van der Waals surface area contributed by atoms with Crippen molar-refractivity contribution in [1.29, 1.82) is 0 Å². The van der Waals surface area contributed by atoms with Crippen LogP contribution in [0.1, 0.15) is 19.4 Å². The van der Waals surface area contributed by atoms with Gasteiger partial charge in [-0.1, -0.05) is 13.0 Å². The summed E-state index contributed by atoms with van der Waals surface area (Å²) in [5.41, 5.74) is 0.926. The summed E-state index contributed by atoms with van der Waals surface area (Å²) in [5, 5.41) is 0. The average molecular weight is 318 g/mol. The molecule has 0 spiro atoms. The third kappa shape index (κ3) is 4.73. The van der Waals surface area contributed by atoms with Crippen molar-refractivity contribution in [2.24, 2.45) is 0 Å². The van der Waals surface area contributed by atoms with E-state index in [4.69, 9.17) is 9.47 Å². The summed E-state index contributed by atoms with van der Waals surface area (Å²) in [6, 6.07) is 5.66. The molecule has 0 unspecified atom stereocenters. The van der Waals surface area contributed by atoms with E-state index in [0.717, 1.165) is 38.3 Å². The number of amides is 1. The molecule has 5 nitrogen and oxygen atoms in total. The van der Waals surface area contributed by atoms with Crippen LogP contribution >= 0.6 is 0 Å². The molecule has 0 aliphatic carbocycles. The van der Waals surface area contributed by atoms with Crippen LogP contribution in [0.5, 0.6) is 11.5 Å². The first-order chi connectivity index (χ1) is 11.2. The van der Waals surface area contributed by atoms with E-state index in [9.17, 15) is 4.79 Å². The van der Waals surface area contributed by atoms with Crippen LogP contribution in [0.4, 0.5) is 0 Å². The summed E-state index contributed by atoms with van der Waals surface area (Å²) in [6.07, 6.45) is 3.47. The Morgan fingerprint density at radius 1 is 1.17 bits per heavy atom. The summed E-state index contributed by atoms with van der Waals surface area (Å²) in [5.74, 6) is 1.46. The Bertz CT molecular complexity index is 549. The maximum absolute atomic E-state index is 12.3. The molecule has 0 aromatic heterocycles. The Labute approximate surface area is 138 Å². The molecule has 1 fully saturated rings. The largest absolute Gasteiger partial charge is 0.493 e. The smallest absolute Gasteiger partial charge is 0.246 e. The third-order valence-electron chi connectivity index (χ3n) is 4.04. The summed E-state index contributed by atoms with van der Waals surface area (Å²) >= 11 is 0. The Kier molecular flexibility index (Phi) is 6.47. The van der Waals surface area contributed by atoms with Gasteiger partial charge >= 0.3 is 0 Å². The molecule has 0 radical (unpaired) electrons. The highest BCUT2D eigenvalue weighted by molar-refractivity contribution is 5.92. The summed E-state index contributed by atoms with van der Waals surface area (Å²) in [6.45, 7) is 9.19. The topological polar surface area (TPSA) is 42.0 Å². The highest BCUT2D eigenvalue weighted by Gasteiger charge is 2.18. The molecule has 2 rings (SSSR count). The molecule has 0 bridgehead atoms. The van der Waals surface area contributed by atoms with Crippen LogP contribution < -0.4 is 9.47 Å². The molecule has 0 saturated carbocycles. The summed E-state index contributed by atoms with van der Waals surface area (Å²) in [4.78, 5) is 16.5. The van der Waals surface area contributed by atoms with Crippen LogP contribution in [0, 0.1) is 0 Å². The van der Waals surface area contributed by atoms with Gasteiger partial charge in [0.15, 0.2) is 11.5 Å². The number of ether oxygens (including phenoxy) is 2. The fourth-order valence-electron chi connectivity index (χ4n) is 2.62. The average Bonchev–Trinajstić information content (AvgIpc) is 2.60. The predicted molar refractivity (Wildman–Crippen MR) is 91.9 cm³/mol. The van der Waals surface area contributed by atoms with Crippen LogP contribution in [-0.2, 0) is 4.79 Å². The molecule has 1 aliphatic rings. The summed E-state index contributed by atoms with van der Waals surface area (Å²) in [7, 11) is 1.62. The lowest BCUT2D eigenvalue weighted by Gasteiger charge is -2.33. The second-order valence-corrected chi connectivity index (χ2v) is 5.44. The van der Waals surface area contributed by atoms with E-state index in [-0.39, 0.29) is 5.91 Å². The number of methoxy groups -OCH3 is 1. The molecule has 5 heteroatoms. The van der Waals surface area contributed by atoms with Gasteiger partial charge in [-0.05, 0) is 37.2 Å². The first kappa shape index (κ1) is 17.3. The molecule has 1 heterocycles. The standard InChI is InChI=1S/C18H26N2O3/c1-4-19-10-12-20(13-11-19)18(21)9-7-15-6-8-16(22-3)17(14-15)23-5-2/h6-9,14H,4-5,10-13H2,1-3H3/b9-7+. The van der Waals surface area contributed by atoms with Crippen molar-refractivity contribution in [1.82, 2.24) is 9.80 Å². The number of hydrogen-bond donors (Lipinski definition) is 0. The third-order valence-corrected chi connectivity index (χ3v) is 4.04. The van der Waals surface area contributed by atoms with Crippen molar-refractivity contribution in [3.8, 4) is 11.5 Å². The van der Waals surface area contributed by atoms with Gasteiger partial charge in [0.05, 0.1) is 13.7 Å². The van der Waals surface area contributed by atoms with Crippen molar-refractivity contribution in [2.45, 2.75) is 13.8 Å². The molecular formula is C18H26N2O3. The van der Waals surface area contributed by atoms with Crippen LogP contribution in [0.25, 0.3) is 6.08 Å². The number of benzene rings is 1. The van der Waals surface area contributed by atoms with Gasteiger partial charge < -0.3 is 19.3 Å². The van der Waals surface area contributed by atoms with Crippen molar-refractivity contribution < 1.29 is 14.3 Å². The highest BCUT2D eigenvalue weighted by atomic mass is 16.5. The zero-order valence-corrected chi connectivity index (χ0v) is 14.2. The molecule has 1 aromatic rings. The van der Waals surface area contributed by atoms with E-state index < -0.39 is 0 Å². The molecule has 23 heavy (non-hydrogen) atoms. The van der Waals surface area contributed by atoms with Gasteiger partial charge in [0, 0.05) is 32.3 Å². The van der Waals surface area contributed by atoms with Crippen molar-refractivity contribution in [3.63, 3.8) is 0 Å².